The van der Waals surface area contributed by atoms with Crippen molar-refractivity contribution in [1.29, 1.82) is 0 Å². The van der Waals surface area contributed by atoms with Crippen LogP contribution in [0.4, 0.5) is 0 Å². The average Bonchev–Trinajstić information content (AvgIpc) is 1.68. The SMILES string of the molecule is CC(C)(C)c1cc(C(C)(C)C)c(C(C)(C)C)[nH]1.CC(C)(C)c1cn(C(C)(C)C)c(C(C)(C)C)n1.CC(C)(C)c1nc(C(C)(C)C)c(C(C)(C)C)o1.CC(C)(C)c1nc(C(C)(C)C)c(C(C)(C)C)s1.CC(C)(C)c1nc(C(C)(C)C)n(C(C)(C)C)n1.CC(C)c1[nH]c(C(C)(C)C)nc1C(C)(C)C. The van der Waals surface area contributed by atoms with Crippen LogP contribution in [0.1, 0.15) is 463 Å². The van der Waals surface area contributed by atoms with E-state index in [-0.39, 0.29) is 92.3 Å². The summed E-state index contributed by atoms with van der Waals surface area (Å²) in [6.07, 6.45) is 2.22. The lowest BCUT2D eigenvalue weighted by atomic mass is 9.79. The molecule has 0 amide bonds. The quantitative estimate of drug-likeness (QED) is 0.168. The van der Waals surface area contributed by atoms with Crippen LogP contribution >= 0.6 is 11.3 Å². The minimum atomic E-state index is -0.0382. The number of aromatic nitrogens is 10. The summed E-state index contributed by atoms with van der Waals surface area (Å²) in [4.78, 5) is 32.8. The Balaban J connectivity index is 0.000000606. The normalized spacial score (nSPS) is 14.1. The molecule has 0 aliphatic heterocycles. The van der Waals surface area contributed by atoms with Crippen LogP contribution in [0.15, 0.2) is 16.7 Å². The summed E-state index contributed by atoms with van der Waals surface area (Å²) < 4.78 is 10.5. The third kappa shape index (κ3) is 27.8. The first-order valence-corrected chi connectivity index (χ1v) is 39.0. The van der Waals surface area contributed by atoms with Gasteiger partial charge in [0, 0.05) is 104 Å². The largest absolute Gasteiger partial charge is 0.444 e. The number of thiazole rings is 1. The molecule has 6 aromatic rings. The first-order chi connectivity index (χ1) is 43.7. The van der Waals surface area contributed by atoms with Crippen molar-refractivity contribution in [3.8, 4) is 0 Å². The highest BCUT2D eigenvalue weighted by atomic mass is 32.1. The topological polar surface area (TPSA) is 132 Å². The molecular weight excluding hydrogens is 1260 g/mol. The van der Waals surface area contributed by atoms with Crippen LogP contribution in [0, 0.1) is 0 Å². The number of hydrogen-bond acceptors (Lipinski definition) is 8. The summed E-state index contributed by atoms with van der Waals surface area (Å²) in [7, 11) is 0. The van der Waals surface area contributed by atoms with Crippen molar-refractivity contribution >= 4 is 11.3 Å². The van der Waals surface area contributed by atoms with E-state index in [9.17, 15) is 0 Å². The van der Waals surface area contributed by atoms with Gasteiger partial charge in [-0.1, -0.05) is 325 Å². The molecule has 0 bridgehead atoms. The standard InChI is InChI=1S/C16H29N.C15H28N2.C15H27NO.C15H27NS.C14H27N3.C14H26N2/c1-14(2,3)11-10-12(15(4,5)6)17-13(11)16(7,8)9;1-13(2,3)11-10-17(15(7,8)9)12(16-11)14(4,5)6;2*1-13(2,3)10-11(14(4,5)6)17-12(16-10)15(7,8)9;1-12(2,3)10-15-11(13(4,5)6)17(16-10)14(7,8)9;1-9(2)10-11(13(3,4)5)16-12(15-10)14(6,7)8/h10,17H,1-9H3;10H,1-9H3;3*1-9H3;9H,1-8H3,(H,15,16). The number of rotatable bonds is 1. The summed E-state index contributed by atoms with van der Waals surface area (Å²) in [5.41, 5.74) is 11.7. The van der Waals surface area contributed by atoms with E-state index in [1.165, 1.54) is 55.4 Å². The first-order valence-electron chi connectivity index (χ1n) is 38.2. The third-order valence-electron chi connectivity index (χ3n) is 16.7. The van der Waals surface area contributed by atoms with Gasteiger partial charge in [-0.15, -0.1) is 11.3 Å². The zero-order chi connectivity index (χ0) is 81.0. The molecule has 101 heavy (non-hydrogen) atoms. The van der Waals surface area contributed by atoms with Gasteiger partial charge in [0.2, 0.25) is 0 Å². The molecule has 0 spiro atoms. The molecule has 0 radical (unpaired) electrons. The maximum Gasteiger partial charge on any atom is 0.200 e. The minimum Gasteiger partial charge on any atom is -0.444 e. The summed E-state index contributed by atoms with van der Waals surface area (Å²) in [6, 6.07) is 2.36. The molecule has 2 N–H and O–H groups in total. The monoisotopic (exact) mass is 1420 g/mol. The third-order valence-corrected chi connectivity index (χ3v) is 18.6. The smallest absolute Gasteiger partial charge is 0.200 e. The zero-order valence-electron chi connectivity index (χ0n) is 76.6. The highest BCUT2D eigenvalue weighted by Gasteiger charge is 2.38. The van der Waals surface area contributed by atoms with E-state index in [2.05, 4.69) is 398 Å². The number of hydrogen-bond donors (Lipinski definition) is 2. The van der Waals surface area contributed by atoms with Crippen LogP contribution in [0.25, 0.3) is 0 Å². The molecular formula is C89H164N10OS. The van der Waals surface area contributed by atoms with Crippen molar-refractivity contribution in [2.75, 3.05) is 0 Å². The number of aromatic amines is 2. The van der Waals surface area contributed by atoms with E-state index in [1.807, 2.05) is 11.3 Å². The fourth-order valence-electron chi connectivity index (χ4n) is 10.5. The molecule has 12 heteroatoms. The number of oxazole rings is 1. The second kappa shape index (κ2) is 30.9. The maximum atomic E-state index is 6.06. The lowest BCUT2D eigenvalue weighted by Crippen LogP contribution is -2.30. The highest BCUT2D eigenvalue weighted by molar-refractivity contribution is 7.12. The summed E-state index contributed by atoms with van der Waals surface area (Å²) in [5, 5.41) is 5.98. The predicted octanol–water partition coefficient (Wildman–Crippen LogP) is 26.5. The van der Waals surface area contributed by atoms with Crippen LogP contribution < -0.4 is 0 Å². The first kappa shape index (κ1) is 94.7. The number of nitrogens with one attached hydrogen (secondary N) is 2. The molecule has 0 aliphatic rings. The Labute approximate surface area is 629 Å². The molecule has 6 heterocycles. The van der Waals surface area contributed by atoms with Crippen LogP contribution in [-0.4, -0.2) is 49.2 Å². The van der Waals surface area contributed by atoms with Gasteiger partial charge in [-0.25, -0.2) is 29.6 Å². The Morgan fingerprint density at radius 1 is 0.366 bits per heavy atom. The van der Waals surface area contributed by atoms with Crippen molar-refractivity contribution < 1.29 is 4.42 Å². The predicted molar refractivity (Wildman–Crippen MR) is 445 cm³/mol. The van der Waals surface area contributed by atoms with Gasteiger partial charge in [-0.3, -0.25) is 0 Å². The van der Waals surface area contributed by atoms with E-state index < -0.39 is 0 Å². The van der Waals surface area contributed by atoms with Crippen molar-refractivity contribution in [3.05, 3.63) is 103 Å². The van der Waals surface area contributed by atoms with Gasteiger partial charge in [0.25, 0.3) is 0 Å². The number of nitrogens with zero attached hydrogens (tertiary/aromatic N) is 8. The Morgan fingerprint density at radius 2 is 0.812 bits per heavy atom. The van der Waals surface area contributed by atoms with Crippen LogP contribution in [0.3, 0.4) is 0 Å². The molecule has 0 aliphatic carbocycles. The van der Waals surface area contributed by atoms with Crippen molar-refractivity contribution in [2.45, 2.75) is 465 Å². The van der Waals surface area contributed by atoms with Crippen LogP contribution in [0.5, 0.6) is 0 Å². The van der Waals surface area contributed by atoms with Crippen molar-refractivity contribution in [3.63, 3.8) is 0 Å². The molecule has 0 atom stereocenters. The van der Waals surface area contributed by atoms with Gasteiger partial charge in [0.05, 0.1) is 33.3 Å². The molecule has 0 unspecified atom stereocenters. The van der Waals surface area contributed by atoms with Gasteiger partial charge >= 0.3 is 0 Å². The minimum absolute atomic E-state index is 0.000880. The van der Waals surface area contributed by atoms with Gasteiger partial charge in [-0.05, 0) is 69.9 Å². The van der Waals surface area contributed by atoms with Gasteiger partial charge < -0.3 is 19.0 Å². The Morgan fingerprint density at radius 3 is 1.05 bits per heavy atom. The number of imidazole rings is 2. The maximum absolute atomic E-state index is 6.06. The van der Waals surface area contributed by atoms with Crippen LogP contribution in [0.2, 0.25) is 0 Å². The second-order valence-electron chi connectivity index (χ2n) is 46.9. The van der Waals surface area contributed by atoms with Crippen molar-refractivity contribution in [1.82, 2.24) is 49.2 Å². The fraction of sp³-hybridized carbons (Fsp3) is 0.798. The molecule has 0 fully saturated rings. The molecule has 6 aromatic heterocycles. The highest BCUT2D eigenvalue weighted by Crippen LogP contribution is 2.43. The summed E-state index contributed by atoms with van der Waals surface area (Å²) in [5.74, 6) is 6.63. The lowest BCUT2D eigenvalue weighted by Gasteiger charge is -2.28. The van der Waals surface area contributed by atoms with E-state index in [0.29, 0.717) is 5.92 Å². The molecule has 6 rings (SSSR count). The fourth-order valence-corrected chi connectivity index (χ4v) is 11.8. The summed E-state index contributed by atoms with van der Waals surface area (Å²) in [6.45, 7) is 118. The van der Waals surface area contributed by atoms with Gasteiger partial charge in [-0.2, -0.15) is 5.10 Å². The molecule has 11 nitrogen and oxygen atoms in total. The summed E-state index contributed by atoms with van der Waals surface area (Å²) >= 11 is 1.89. The average molecular weight is 1420 g/mol. The van der Waals surface area contributed by atoms with E-state index in [1.54, 1.807) is 0 Å². The van der Waals surface area contributed by atoms with Gasteiger partial charge in [0.15, 0.2) is 11.7 Å². The second-order valence-corrected chi connectivity index (χ2v) is 47.9. The van der Waals surface area contributed by atoms with E-state index in [0.717, 1.165) is 34.8 Å². The molecule has 582 valence electrons. The van der Waals surface area contributed by atoms with Crippen molar-refractivity contribution in [2.24, 2.45) is 0 Å². The van der Waals surface area contributed by atoms with Gasteiger partial charge in [0.1, 0.15) is 23.2 Å². The van der Waals surface area contributed by atoms with E-state index >= 15 is 0 Å². The lowest BCUT2D eigenvalue weighted by molar-refractivity contribution is 0.315. The molecule has 0 saturated heterocycles. The molecule has 0 aromatic carbocycles. The Bertz CT molecular complexity index is 2930. The zero-order valence-corrected chi connectivity index (χ0v) is 77.4. The molecule has 0 saturated carbocycles. The van der Waals surface area contributed by atoms with Crippen LogP contribution in [-0.2, 0) is 92.3 Å². The Kier molecular flexibility index (Phi) is 28.9. The van der Waals surface area contributed by atoms with E-state index in [4.69, 9.17) is 34.4 Å². The number of H-pyrrole nitrogens is 2. The Hall–Kier alpha value is -4.32.